The predicted molar refractivity (Wildman–Crippen MR) is 127 cm³/mol. The van der Waals surface area contributed by atoms with Crippen LogP contribution in [0.1, 0.15) is 35.8 Å². The summed E-state index contributed by atoms with van der Waals surface area (Å²) in [6, 6.07) is 32.3. The van der Waals surface area contributed by atoms with Gasteiger partial charge >= 0.3 is 5.97 Å². The fourth-order valence-corrected chi connectivity index (χ4v) is 3.96. The number of benzene rings is 4. The van der Waals surface area contributed by atoms with Crippen molar-refractivity contribution in [2.45, 2.75) is 25.1 Å². The van der Waals surface area contributed by atoms with Crippen molar-refractivity contribution in [2.75, 3.05) is 6.61 Å². The van der Waals surface area contributed by atoms with Crippen molar-refractivity contribution in [3.63, 3.8) is 0 Å². The van der Waals surface area contributed by atoms with Gasteiger partial charge in [-0.2, -0.15) is 0 Å². The summed E-state index contributed by atoms with van der Waals surface area (Å²) in [4.78, 5) is 13.0. The van der Waals surface area contributed by atoms with Crippen molar-refractivity contribution in [1.82, 2.24) is 5.32 Å². The van der Waals surface area contributed by atoms with Crippen molar-refractivity contribution >= 4 is 16.7 Å². The third kappa shape index (κ3) is 4.88. The quantitative estimate of drug-likeness (QED) is 0.382. The average molecular weight is 426 g/mol. The molecule has 2 atom stereocenters. The van der Waals surface area contributed by atoms with Crippen LogP contribution >= 0.6 is 0 Å². The molecule has 0 saturated heterocycles. The van der Waals surface area contributed by atoms with Crippen LogP contribution in [-0.2, 0) is 9.53 Å². The molecule has 0 heterocycles. The summed E-state index contributed by atoms with van der Waals surface area (Å²) in [5, 5.41) is 16.8. The van der Waals surface area contributed by atoms with Crippen LogP contribution in [0.5, 0.6) is 0 Å². The molecule has 0 saturated carbocycles. The Morgan fingerprint density at radius 1 is 0.781 bits per heavy atom. The summed E-state index contributed by atoms with van der Waals surface area (Å²) in [5.74, 6) is -0.481. The van der Waals surface area contributed by atoms with Crippen molar-refractivity contribution < 1.29 is 14.6 Å². The lowest BCUT2D eigenvalue weighted by Crippen LogP contribution is -2.45. The molecule has 0 aliphatic rings. The smallest absolute Gasteiger partial charge is 0.326 e. The molecule has 4 aromatic rings. The number of esters is 1. The minimum Gasteiger partial charge on any atom is -0.465 e. The van der Waals surface area contributed by atoms with Crippen LogP contribution in [0, 0.1) is 0 Å². The second-order valence-corrected chi connectivity index (χ2v) is 7.70. The number of aliphatic hydroxyl groups is 1. The summed E-state index contributed by atoms with van der Waals surface area (Å²) >= 11 is 0. The molecule has 0 bridgehead atoms. The lowest BCUT2D eigenvalue weighted by molar-refractivity contribution is -0.149. The van der Waals surface area contributed by atoms with E-state index in [1.54, 1.807) is 6.92 Å². The molecule has 162 valence electrons. The topological polar surface area (TPSA) is 58.6 Å². The van der Waals surface area contributed by atoms with Crippen LogP contribution in [0.15, 0.2) is 103 Å². The van der Waals surface area contributed by atoms with E-state index in [1.807, 2.05) is 103 Å². The summed E-state index contributed by atoms with van der Waals surface area (Å²) in [5.41, 5.74) is 2.66. The van der Waals surface area contributed by atoms with Gasteiger partial charge in [0.1, 0.15) is 12.1 Å². The van der Waals surface area contributed by atoms with Crippen LogP contribution in [0.2, 0.25) is 0 Å². The van der Waals surface area contributed by atoms with Crippen LogP contribution in [0.4, 0.5) is 0 Å². The second kappa shape index (κ2) is 10.2. The Kier molecular flexibility index (Phi) is 6.95. The Bertz CT molecular complexity index is 1120. The van der Waals surface area contributed by atoms with E-state index in [4.69, 9.17) is 4.74 Å². The highest BCUT2D eigenvalue weighted by Gasteiger charge is 2.32. The molecule has 0 radical (unpaired) electrons. The fraction of sp³-hybridized carbons (Fsp3) is 0.179. The highest BCUT2D eigenvalue weighted by Crippen LogP contribution is 2.28. The first kappa shape index (κ1) is 21.8. The molecule has 4 rings (SSSR count). The third-order valence-electron chi connectivity index (χ3n) is 5.58. The van der Waals surface area contributed by atoms with Gasteiger partial charge in [-0.25, -0.2) is 0 Å². The minimum absolute atomic E-state index is 0.239. The number of carbonyl (C=O) groups is 1. The maximum Gasteiger partial charge on any atom is 0.326 e. The summed E-state index contributed by atoms with van der Waals surface area (Å²) in [6.07, 6.45) is -1.08. The first-order valence-corrected chi connectivity index (χ1v) is 10.9. The molecular formula is C28H27NO3. The number of carbonyl (C=O) groups excluding carboxylic acids is 1. The maximum atomic E-state index is 13.0. The molecule has 4 heteroatoms. The molecule has 2 N–H and O–H groups in total. The van der Waals surface area contributed by atoms with Crippen molar-refractivity contribution in [2.24, 2.45) is 0 Å². The summed E-state index contributed by atoms with van der Waals surface area (Å²) < 4.78 is 5.35. The number of ether oxygens (including phenoxy) is 1. The molecule has 0 unspecified atom stereocenters. The Labute approximate surface area is 188 Å². The van der Waals surface area contributed by atoms with E-state index in [0.717, 1.165) is 21.9 Å². The first-order valence-electron chi connectivity index (χ1n) is 10.9. The van der Waals surface area contributed by atoms with E-state index >= 15 is 0 Å². The average Bonchev–Trinajstić information content (AvgIpc) is 2.85. The summed E-state index contributed by atoms with van der Waals surface area (Å²) in [6.45, 7) is 2.01. The van der Waals surface area contributed by atoms with E-state index < -0.39 is 18.1 Å². The number of fused-ring (bicyclic) bond motifs is 1. The number of hydrogen-bond donors (Lipinski definition) is 2. The van der Waals surface area contributed by atoms with Crippen LogP contribution in [0.3, 0.4) is 0 Å². The van der Waals surface area contributed by atoms with E-state index in [0.29, 0.717) is 5.56 Å². The van der Waals surface area contributed by atoms with Gasteiger partial charge in [0.2, 0.25) is 0 Å². The lowest BCUT2D eigenvalue weighted by Gasteiger charge is -2.29. The van der Waals surface area contributed by atoms with Gasteiger partial charge in [-0.3, -0.25) is 10.1 Å². The molecule has 4 nitrogen and oxygen atoms in total. The fourth-order valence-electron chi connectivity index (χ4n) is 3.96. The minimum atomic E-state index is -1.08. The van der Waals surface area contributed by atoms with E-state index in [-0.39, 0.29) is 12.6 Å². The Hall–Kier alpha value is -3.47. The van der Waals surface area contributed by atoms with Crippen LogP contribution in [-0.4, -0.2) is 23.7 Å². The predicted octanol–water partition coefficient (Wildman–Crippen LogP) is 5.18. The van der Waals surface area contributed by atoms with Gasteiger partial charge in [0.15, 0.2) is 0 Å². The number of aliphatic hydroxyl groups excluding tert-OH is 1. The highest BCUT2D eigenvalue weighted by atomic mass is 16.5. The zero-order valence-electron chi connectivity index (χ0n) is 18.0. The van der Waals surface area contributed by atoms with Gasteiger partial charge in [0.25, 0.3) is 0 Å². The second-order valence-electron chi connectivity index (χ2n) is 7.70. The van der Waals surface area contributed by atoms with Crippen molar-refractivity contribution in [3.8, 4) is 0 Å². The molecule has 0 aliphatic carbocycles. The van der Waals surface area contributed by atoms with E-state index in [9.17, 15) is 9.90 Å². The standard InChI is InChI=1S/C28H27NO3/c1-2-32-28(31)26(27(30)24-18-17-20-11-9-10-16-23(20)19-24)29-25(21-12-5-3-6-13-21)22-14-7-4-8-15-22/h3-19,25-27,29-30H,2H2,1H3/t26-,27-/m0/s1. The van der Waals surface area contributed by atoms with E-state index in [2.05, 4.69) is 5.32 Å². The SMILES string of the molecule is CCOC(=O)[C@@H](NC(c1ccccc1)c1ccccc1)[C@@H](O)c1ccc2ccccc2c1. The lowest BCUT2D eigenvalue weighted by atomic mass is 9.94. The van der Waals surface area contributed by atoms with Crippen LogP contribution in [0.25, 0.3) is 10.8 Å². The molecule has 0 aromatic heterocycles. The molecule has 0 amide bonds. The molecular weight excluding hydrogens is 398 g/mol. The monoisotopic (exact) mass is 425 g/mol. The Balaban J connectivity index is 1.71. The Morgan fingerprint density at radius 3 is 1.94 bits per heavy atom. The van der Waals surface area contributed by atoms with Gasteiger partial charge in [-0.15, -0.1) is 0 Å². The molecule has 32 heavy (non-hydrogen) atoms. The van der Waals surface area contributed by atoms with Gasteiger partial charge < -0.3 is 9.84 Å². The molecule has 4 aromatic carbocycles. The largest absolute Gasteiger partial charge is 0.465 e. The molecule has 0 spiro atoms. The van der Waals surface area contributed by atoms with Gasteiger partial charge in [0.05, 0.1) is 12.6 Å². The zero-order chi connectivity index (χ0) is 22.3. The van der Waals surface area contributed by atoms with Gasteiger partial charge in [-0.05, 0) is 40.5 Å². The number of nitrogens with one attached hydrogen (secondary N) is 1. The van der Waals surface area contributed by atoms with Crippen LogP contribution < -0.4 is 5.32 Å². The first-order chi connectivity index (χ1) is 15.7. The zero-order valence-corrected chi connectivity index (χ0v) is 18.0. The number of rotatable bonds is 8. The summed E-state index contributed by atoms with van der Waals surface area (Å²) in [7, 11) is 0. The Morgan fingerprint density at radius 2 is 1.34 bits per heavy atom. The van der Waals surface area contributed by atoms with Crippen molar-refractivity contribution in [1.29, 1.82) is 0 Å². The molecule has 0 fully saturated rings. The highest BCUT2D eigenvalue weighted by molar-refractivity contribution is 5.83. The number of hydrogen-bond acceptors (Lipinski definition) is 4. The van der Waals surface area contributed by atoms with Gasteiger partial charge in [0, 0.05) is 0 Å². The third-order valence-corrected chi connectivity index (χ3v) is 5.58. The van der Waals surface area contributed by atoms with Crippen molar-refractivity contribution in [3.05, 3.63) is 120 Å². The normalized spacial score (nSPS) is 13.1. The molecule has 0 aliphatic heterocycles. The van der Waals surface area contributed by atoms with Gasteiger partial charge in [-0.1, -0.05) is 97.1 Å². The maximum absolute atomic E-state index is 13.0. The van der Waals surface area contributed by atoms with E-state index in [1.165, 1.54) is 0 Å².